The average molecular weight is 220 g/mol. The van der Waals surface area contributed by atoms with E-state index in [-0.39, 0.29) is 11.9 Å². The first-order chi connectivity index (χ1) is 7.63. The molecule has 0 aromatic heterocycles. The third-order valence-corrected chi connectivity index (χ3v) is 2.76. The van der Waals surface area contributed by atoms with E-state index < -0.39 is 0 Å². The van der Waals surface area contributed by atoms with Gasteiger partial charge in [-0.3, -0.25) is 4.79 Å². The summed E-state index contributed by atoms with van der Waals surface area (Å²) in [4.78, 5) is 11.8. The maximum Gasteiger partial charge on any atom is 0.193 e. The molecule has 16 heavy (non-hydrogen) atoms. The van der Waals surface area contributed by atoms with Crippen molar-refractivity contribution in [3.63, 3.8) is 0 Å². The van der Waals surface area contributed by atoms with Crippen LogP contribution in [0.15, 0.2) is 18.2 Å². The number of rotatable bonds is 4. The Labute approximate surface area is 95.4 Å². The molecular formula is C13H16O3. The maximum absolute atomic E-state index is 11.8. The van der Waals surface area contributed by atoms with Crippen molar-refractivity contribution in [1.82, 2.24) is 0 Å². The van der Waals surface area contributed by atoms with E-state index in [9.17, 15) is 4.79 Å². The van der Waals surface area contributed by atoms with E-state index in [1.165, 1.54) is 0 Å². The van der Waals surface area contributed by atoms with Gasteiger partial charge in [-0.1, -0.05) is 13.8 Å². The predicted molar refractivity (Wildman–Crippen MR) is 61.2 cm³/mol. The maximum atomic E-state index is 11.8. The zero-order valence-corrected chi connectivity index (χ0v) is 9.82. The van der Waals surface area contributed by atoms with E-state index in [1.54, 1.807) is 13.2 Å². The molecule has 86 valence electrons. The molecule has 1 aromatic carbocycles. The molecular weight excluding hydrogens is 204 g/mol. The fraction of sp³-hybridized carbons (Fsp3) is 0.462. The summed E-state index contributed by atoms with van der Waals surface area (Å²) in [7, 11) is 1.65. The van der Waals surface area contributed by atoms with Crippen molar-refractivity contribution in [3.05, 3.63) is 29.3 Å². The van der Waals surface area contributed by atoms with Crippen LogP contribution in [0, 0.1) is 0 Å². The Hall–Kier alpha value is -1.35. The van der Waals surface area contributed by atoms with Crippen LogP contribution in [0.3, 0.4) is 0 Å². The van der Waals surface area contributed by atoms with Crippen LogP contribution in [0.25, 0.3) is 0 Å². The molecule has 2 rings (SSSR count). The molecule has 1 atom stereocenters. The van der Waals surface area contributed by atoms with Gasteiger partial charge in [0.1, 0.15) is 11.9 Å². The van der Waals surface area contributed by atoms with E-state index in [4.69, 9.17) is 9.47 Å². The summed E-state index contributed by atoms with van der Waals surface area (Å²) in [5.74, 6) is 1.25. The Morgan fingerprint density at radius 3 is 2.69 bits per heavy atom. The summed E-state index contributed by atoms with van der Waals surface area (Å²) in [6.07, 6.45) is -0.214. The first-order valence-electron chi connectivity index (χ1n) is 5.47. The zero-order chi connectivity index (χ0) is 11.7. The van der Waals surface area contributed by atoms with E-state index in [0.717, 1.165) is 11.3 Å². The van der Waals surface area contributed by atoms with Gasteiger partial charge in [0, 0.05) is 5.56 Å². The predicted octanol–water partition coefficient (Wildman–Crippen LogP) is 2.40. The highest BCUT2D eigenvalue weighted by atomic mass is 16.6. The van der Waals surface area contributed by atoms with E-state index in [1.807, 2.05) is 12.1 Å². The van der Waals surface area contributed by atoms with Crippen molar-refractivity contribution in [1.29, 1.82) is 0 Å². The molecule has 3 heteroatoms. The third kappa shape index (κ3) is 2.09. The minimum absolute atomic E-state index is 0.0737. The van der Waals surface area contributed by atoms with Gasteiger partial charge in [0.05, 0.1) is 13.7 Å². The van der Waals surface area contributed by atoms with Crippen LogP contribution < -0.4 is 4.74 Å². The van der Waals surface area contributed by atoms with Gasteiger partial charge in [0.2, 0.25) is 0 Å². The van der Waals surface area contributed by atoms with Gasteiger partial charge in [-0.2, -0.15) is 0 Å². The summed E-state index contributed by atoms with van der Waals surface area (Å²) in [6.45, 7) is 4.72. The molecule has 1 fully saturated rings. The van der Waals surface area contributed by atoms with Crippen molar-refractivity contribution in [2.45, 2.75) is 25.9 Å². The van der Waals surface area contributed by atoms with E-state index >= 15 is 0 Å². The molecule has 0 radical (unpaired) electrons. The highest BCUT2D eigenvalue weighted by Crippen LogP contribution is 2.28. The summed E-state index contributed by atoms with van der Waals surface area (Å²) in [6, 6.07) is 5.56. The normalized spacial score (nSPS) is 18.6. The number of hydrogen-bond acceptors (Lipinski definition) is 3. The fourth-order valence-electron chi connectivity index (χ4n) is 1.72. The van der Waals surface area contributed by atoms with E-state index in [0.29, 0.717) is 18.1 Å². The van der Waals surface area contributed by atoms with Crippen LogP contribution in [-0.4, -0.2) is 25.6 Å². The van der Waals surface area contributed by atoms with Crippen molar-refractivity contribution in [3.8, 4) is 5.75 Å². The summed E-state index contributed by atoms with van der Waals surface area (Å²) < 4.78 is 10.3. The van der Waals surface area contributed by atoms with Crippen molar-refractivity contribution < 1.29 is 14.3 Å². The van der Waals surface area contributed by atoms with Gasteiger partial charge < -0.3 is 9.47 Å². The number of benzene rings is 1. The molecule has 3 nitrogen and oxygen atoms in total. The summed E-state index contributed by atoms with van der Waals surface area (Å²) >= 11 is 0. The van der Waals surface area contributed by atoms with Gasteiger partial charge in [-0.25, -0.2) is 0 Å². The highest BCUT2D eigenvalue weighted by molar-refractivity contribution is 6.01. The van der Waals surface area contributed by atoms with Crippen molar-refractivity contribution in [2.75, 3.05) is 13.7 Å². The Morgan fingerprint density at radius 2 is 2.19 bits per heavy atom. The zero-order valence-electron chi connectivity index (χ0n) is 9.82. The average Bonchev–Trinajstić information content (AvgIpc) is 3.11. The SMILES string of the molecule is COc1ccc(C(=O)C2CO2)cc1C(C)C. The highest BCUT2D eigenvalue weighted by Gasteiger charge is 2.32. The Balaban J connectivity index is 2.34. The molecule has 1 unspecified atom stereocenters. The van der Waals surface area contributed by atoms with Gasteiger partial charge in [-0.05, 0) is 29.7 Å². The Kier molecular flexibility index (Phi) is 2.97. The number of carbonyl (C=O) groups is 1. The largest absolute Gasteiger partial charge is 0.496 e. The number of ether oxygens (including phenoxy) is 2. The Bertz CT molecular complexity index is 406. The molecule has 0 aliphatic carbocycles. The lowest BCUT2D eigenvalue weighted by Crippen LogP contribution is -2.08. The minimum atomic E-state index is -0.214. The van der Waals surface area contributed by atoms with Crippen molar-refractivity contribution in [2.24, 2.45) is 0 Å². The number of ketones is 1. The number of carbonyl (C=O) groups excluding carboxylic acids is 1. The fourth-order valence-corrected chi connectivity index (χ4v) is 1.72. The number of epoxide rings is 1. The molecule has 1 aliphatic rings. The van der Waals surface area contributed by atoms with Crippen LogP contribution in [-0.2, 0) is 4.74 Å². The molecule has 0 amide bonds. The van der Waals surface area contributed by atoms with Crippen LogP contribution in [0.2, 0.25) is 0 Å². The smallest absolute Gasteiger partial charge is 0.193 e. The van der Waals surface area contributed by atoms with Crippen LogP contribution in [0.5, 0.6) is 5.75 Å². The molecule has 0 N–H and O–H groups in total. The lowest BCUT2D eigenvalue weighted by atomic mass is 9.97. The molecule has 1 aliphatic heterocycles. The quantitative estimate of drug-likeness (QED) is 0.577. The first kappa shape index (κ1) is 11.1. The standard InChI is InChI=1S/C13H16O3/c1-8(2)10-6-9(4-5-11(10)15-3)13(14)12-7-16-12/h4-6,8,12H,7H2,1-3H3. The Morgan fingerprint density at radius 1 is 1.50 bits per heavy atom. The third-order valence-electron chi connectivity index (χ3n) is 2.76. The molecule has 1 aromatic rings. The van der Waals surface area contributed by atoms with Gasteiger partial charge in [-0.15, -0.1) is 0 Å². The molecule has 1 saturated heterocycles. The van der Waals surface area contributed by atoms with E-state index in [2.05, 4.69) is 13.8 Å². The van der Waals surface area contributed by atoms with Crippen LogP contribution in [0.1, 0.15) is 35.7 Å². The molecule has 1 heterocycles. The van der Waals surface area contributed by atoms with Gasteiger partial charge >= 0.3 is 0 Å². The summed E-state index contributed by atoms with van der Waals surface area (Å²) in [5.41, 5.74) is 1.78. The first-order valence-corrected chi connectivity index (χ1v) is 5.47. The van der Waals surface area contributed by atoms with Crippen LogP contribution >= 0.6 is 0 Å². The second-order valence-corrected chi connectivity index (χ2v) is 4.30. The number of Topliss-reactive ketones (excluding diaryl/α,β-unsaturated/α-hetero) is 1. The van der Waals surface area contributed by atoms with Crippen LogP contribution in [0.4, 0.5) is 0 Å². The molecule has 0 saturated carbocycles. The second-order valence-electron chi connectivity index (χ2n) is 4.30. The second kappa shape index (κ2) is 4.26. The number of hydrogen-bond donors (Lipinski definition) is 0. The molecule has 0 bridgehead atoms. The summed E-state index contributed by atoms with van der Waals surface area (Å²) in [5, 5.41) is 0. The van der Waals surface area contributed by atoms with Gasteiger partial charge in [0.25, 0.3) is 0 Å². The lowest BCUT2D eigenvalue weighted by molar-refractivity contribution is 0.0953. The monoisotopic (exact) mass is 220 g/mol. The number of methoxy groups -OCH3 is 1. The topological polar surface area (TPSA) is 38.8 Å². The van der Waals surface area contributed by atoms with Crippen molar-refractivity contribution >= 4 is 5.78 Å². The minimum Gasteiger partial charge on any atom is -0.496 e. The molecule has 0 spiro atoms. The lowest BCUT2D eigenvalue weighted by Gasteiger charge is -2.12. The van der Waals surface area contributed by atoms with Gasteiger partial charge in [0.15, 0.2) is 5.78 Å².